The Kier molecular flexibility index (Phi) is 11.3. The van der Waals surface area contributed by atoms with Crippen molar-refractivity contribution in [3.05, 3.63) is 51.6 Å². The summed E-state index contributed by atoms with van der Waals surface area (Å²) in [6.45, 7) is 29.1. The summed E-state index contributed by atoms with van der Waals surface area (Å²) in [6, 6.07) is 5.91. The molecule has 0 N–H and O–H groups in total. The summed E-state index contributed by atoms with van der Waals surface area (Å²) in [5, 5.41) is 0.0660. The van der Waals surface area contributed by atoms with Crippen LogP contribution in [0.4, 0.5) is 0 Å². The first kappa shape index (κ1) is 38.2. The zero-order valence-electron chi connectivity index (χ0n) is 30.1. The predicted molar refractivity (Wildman–Crippen MR) is 199 cm³/mol. The number of rotatable bonds is 11. The molecule has 0 amide bonds. The van der Waals surface area contributed by atoms with E-state index >= 15 is 0 Å². The standard InChI is InChI=1S/C36H57IO6Si2/c1-32(2,3)45(13,14)42-28-16-15-26(23-29(28)39-9)17-20-36(40-21-22-41-36)34(6,7)30(38)18-19-35(8)24-27(37)31(33(4,5)25-35)43-44(10,11)12/h15-20,23-24,31H,21-22,25H2,1-14H3. The van der Waals surface area contributed by atoms with E-state index in [1.165, 1.54) is 3.58 Å². The number of carbonyl (C=O) groups is 1. The van der Waals surface area contributed by atoms with E-state index < -0.39 is 27.8 Å². The van der Waals surface area contributed by atoms with Crippen LogP contribution in [0, 0.1) is 16.2 Å². The summed E-state index contributed by atoms with van der Waals surface area (Å²) in [5.74, 6) is 0.163. The van der Waals surface area contributed by atoms with Gasteiger partial charge >= 0.3 is 0 Å². The minimum absolute atomic E-state index is 0.0485. The third-order valence-electron chi connectivity index (χ3n) is 9.41. The van der Waals surface area contributed by atoms with Crippen molar-refractivity contribution in [3.63, 3.8) is 0 Å². The molecule has 1 aliphatic carbocycles. The van der Waals surface area contributed by atoms with Gasteiger partial charge in [-0.3, -0.25) is 4.79 Å². The number of hydrogen-bond donors (Lipinski definition) is 0. The van der Waals surface area contributed by atoms with Gasteiger partial charge in [0.15, 0.2) is 19.9 Å². The Hall–Kier alpha value is -1.25. The Morgan fingerprint density at radius 1 is 0.978 bits per heavy atom. The Bertz CT molecular complexity index is 1330. The zero-order chi connectivity index (χ0) is 34.3. The summed E-state index contributed by atoms with van der Waals surface area (Å²) in [7, 11) is -2.11. The molecule has 6 nitrogen and oxygen atoms in total. The second-order valence-electron chi connectivity index (χ2n) is 16.6. The van der Waals surface area contributed by atoms with Crippen LogP contribution in [0.3, 0.4) is 0 Å². The van der Waals surface area contributed by atoms with E-state index in [0.29, 0.717) is 19.0 Å². The molecular formula is C36H57IO6Si2. The molecule has 0 radical (unpaired) electrons. The number of ketones is 1. The molecule has 1 aromatic carbocycles. The number of ether oxygens (including phenoxy) is 3. The van der Waals surface area contributed by atoms with Crippen LogP contribution in [-0.4, -0.2) is 54.6 Å². The summed E-state index contributed by atoms with van der Waals surface area (Å²) in [4.78, 5) is 14.0. The zero-order valence-corrected chi connectivity index (χ0v) is 34.3. The Morgan fingerprint density at radius 2 is 1.58 bits per heavy atom. The number of benzene rings is 1. The fourth-order valence-corrected chi connectivity index (χ4v) is 9.91. The Balaban J connectivity index is 1.87. The molecule has 2 aliphatic rings. The molecule has 2 atom stereocenters. The second kappa shape index (κ2) is 13.3. The fourth-order valence-electron chi connectivity index (χ4n) is 5.81. The highest BCUT2D eigenvalue weighted by Gasteiger charge is 2.52. The Morgan fingerprint density at radius 3 is 2.09 bits per heavy atom. The molecule has 0 bridgehead atoms. The van der Waals surface area contributed by atoms with Crippen LogP contribution in [0.2, 0.25) is 37.8 Å². The van der Waals surface area contributed by atoms with E-state index in [0.717, 1.165) is 17.7 Å². The largest absolute Gasteiger partial charge is 0.541 e. The Labute approximate surface area is 288 Å². The molecule has 1 saturated heterocycles. The van der Waals surface area contributed by atoms with Crippen molar-refractivity contribution in [1.82, 2.24) is 0 Å². The maximum atomic E-state index is 14.0. The van der Waals surface area contributed by atoms with Gasteiger partial charge in [0, 0.05) is 8.99 Å². The molecule has 3 rings (SSSR count). The van der Waals surface area contributed by atoms with Crippen LogP contribution >= 0.6 is 22.6 Å². The molecule has 0 aromatic heterocycles. The van der Waals surface area contributed by atoms with E-state index in [1.807, 2.05) is 44.2 Å². The van der Waals surface area contributed by atoms with Crippen molar-refractivity contribution >= 4 is 51.1 Å². The first-order valence-corrected chi connectivity index (χ1v) is 23.4. The smallest absolute Gasteiger partial charge is 0.250 e. The maximum absolute atomic E-state index is 14.0. The lowest BCUT2D eigenvalue weighted by atomic mass is 9.66. The third-order valence-corrected chi connectivity index (χ3v) is 15.6. The lowest BCUT2D eigenvalue weighted by molar-refractivity contribution is -0.191. The predicted octanol–water partition coefficient (Wildman–Crippen LogP) is 9.96. The van der Waals surface area contributed by atoms with Crippen LogP contribution in [-0.2, 0) is 18.7 Å². The van der Waals surface area contributed by atoms with E-state index in [1.54, 1.807) is 13.2 Å². The van der Waals surface area contributed by atoms with Gasteiger partial charge in [-0.15, -0.1) is 0 Å². The van der Waals surface area contributed by atoms with Crippen molar-refractivity contribution in [2.45, 2.75) is 111 Å². The number of carbonyl (C=O) groups excluding carboxylic acids is 1. The molecule has 252 valence electrons. The summed E-state index contributed by atoms with van der Waals surface area (Å²) >= 11 is 2.42. The summed E-state index contributed by atoms with van der Waals surface area (Å²) in [6.07, 6.45) is 10.8. The highest BCUT2D eigenvalue weighted by molar-refractivity contribution is 14.1. The molecule has 9 heteroatoms. The van der Waals surface area contributed by atoms with Gasteiger partial charge < -0.3 is 23.1 Å². The van der Waals surface area contributed by atoms with Crippen LogP contribution in [0.25, 0.3) is 6.08 Å². The average Bonchev–Trinajstić information content (AvgIpc) is 3.38. The van der Waals surface area contributed by atoms with Gasteiger partial charge in [-0.05, 0) is 116 Å². The number of hydrogen-bond acceptors (Lipinski definition) is 6. The highest BCUT2D eigenvalue weighted by atomic mass is 127. The molecule has 1 fully saturated rings. The van der Waals surface area contributed by atoms with Crippen molar-refractivity contribution in [1.29, 1.82) is 0 Å². The van der Waals surface area contributed by atoms with Crippen LogP contribution in [0.5, 0.6) is 11.5 Å². The minimum Gasteiger partial charge on any atom is -0.541 e. The highest BCUT2D eigenvalue weighted by Crippen LogP contribution is 2.50. The number of halogens is 1. The lowest BCUT2D eigenvalue weighted by Crippen LogP contribution is -2.49. The van der Waals surface area contributed by atoms with Gasteiger partial charge in [-0.2, -0.15) is 0 Å². The molecule has 2 unspecified atom stereocenters. The summed E-state index contributed by atoms with van der Waals surface area (Å²) < 4.78 is 32.5. The number of methoxy groups -OCH3 is 1. The molecule has 1 heterocycles. The maximum Gasteiger partial charge on any atom is 0.250 e. The van der Waals surface area contributed by atoms with Crippen molar-refractivity contribution in [2.24, 2.45) is 16.2 Å². The van der Waals surface area contributed by atoms with Crippen LogP contribution < -0.4 is 9.16 Å². The van der Waals surface area contributed by atoms with E-state index in [-0.39, 0.29) is 27.8 Å². The molecule has 1 aliphatic heterocycles. The van der Waals surface area contributed by atoms with Gasteiger partial charge in [-0.25, -0.2) is 0 Å². The molecule has 1 aromatic rings. The number of allylic oxidation sites excluding steroid dienone is 3. The molecule has 0 saturated carbocycles. The van der Waals surface area contributed by atoms with Crippen molar-refractivity contribution in [2.75, 3.05) is 20.3 Å². The molecule has 45 heavy (non-hydrogen) atoms. The van der Waals surface area contributed by atoms with Crippen molar-refractivity contribution < 1.29 is 27.9 Å². The first-order valence-electron chi connectivity index (χ1n) is 16.0. The van der Waals surface area contributed by atoms with Crippen molar-refractivity contribution in [3.8, 4) is 11.5 Å². The molecule has 0 spiro atoms. The fraction of sp³-hybridized carbons (Fsp3) is 0.639. The second-order valence-corrected chi connectivity index (χ2v) is 27.0. The summed E-state index contributed by atoms with van der Waals surface area (Å²) in [5.41, 5.74) is -0.432. The third kappa shape index (κ3) is 8.81. The minimum atomic E-state index is -2.04. The van der Waals surface area contributed by atoms with E-state index in [2.05, 4.69) is 109 Å². The average molecular weight is 769 g/mol. The molecular weight excluding hydrogens is 711 g/mol. The van der Waals surface area contributed by atoms with E-state index in [4.69, 9.17) is 23.1 Å². The van der Waals surface area contributed by atoms with Gasteiger partial charge in [0.05, 0.1) is 31.8 Å². The van der Waals surface area contributed by atoms with Gasteiger partial charge in [0.1, 0.15) is 5.75 Å². The van der Waals surface area contributed by atoms with Gasteiger partial charge in [0.25, 0.3) is 8.32 Å². The van der Waals surface area contributed by atoms with Gasteiger partial charge in [0.2, 0.25) is 5.79 Å². The van der Waals surface area contributed by atoms with Crippen LogP contribution in [0.15, 0.2) is 46.1 Å². The first-order chi connectivity index (χ1) is 20.4. The topological polar surface area (TPSA) is 63.2 Å². The van der Waals surface area contributed by atoms with Gasteiger partial charge in [-0.1, -0.05) is 65.8 Å². The van der Waals surface area contributed by atoms with Crippen LogP contribution in [0.1, 0.15) is 67.4 Å². The van der Waals surface area contributed by atoms with E-state index in [9.17, 15) is 4.79 Å². The quantitative estimate of drug-likeness (QED) is 0.127. The monoisotopic (exact) mass is 768 g/mol. The lowest BCUT2D eigenvalue weighted by Gasteiger charge is -2.46. The SMILES string of the molecule is COc1cc(C=CC2(C(C)(C)C(=O)C=CC3(C)C=C(I)C(O[Si](C)(C)C)C(C)(C)C3)OCCO2)ccc1O[Si](C)(C)C(C)(C)C. The normalized spacial score (nSPS) is 24.2.